The van der Waals surface area contributed by atoms with Crippen LogP contribution in [0.4, 0.5) is 0 Å². The van der Waals surface area contributed by atoms with E-state index in [0.717, 1.165) is 40.9 Å². The Balaban J connectivity index is 0.000000950. The smallest absolute Gasteiger partial charge is 0.00878 e. The van der Waals surface area contributed by atoms with Crippen LogP contribution in [0.15, 0.2) is 54.6 Å². The SMILES string of the molecule is CC(C)(C)[C](=[W]#[N+]C1CCCCC1)C(=O)c1c(-c2cccc(C(C)(C)C)c2O)cccc1-c1cccc(C(C)(C)C)c1O.[CH-]1CCCO1. The first-order valence-electron chi connectivity index (χ1n) is 17.5. The molecule has 3 aromatic carbocycles. The molecule has 0 spiro atoms. The van der Waals surface area contributed by atoms with Crippen molar-refractivity contribution in [2.45, 2.75) is 124 Å². The van der Waals surface area contributed by atoms with Gasteiger partial charge in [0.2, 0.25) is 0 Å². The third-order valence-electron chi connectivity index (χ3n) is 9.02. The first kappa shape index (κ1) is 38.0. The number of phenolic OH excluding ortho intramolecular Hbond substituents is 2. The maximum absolute atomic E-state index is 15.0. The quantitative estimate of drug-likeness (QED) is 0.203. The van der Waals surface area contributed by atoms with E-state index in [1.165, 1.54) is 25.7 Å². The number of aromatic hydroxyl groups is 2. The molecule has 2 aliphatic rings. The Kier molecular flexibility index (Phi) is 12.5. The molecular weight excluding hydrogens is 766 g/mol. The van der Waals surface area contributed by atoms with Crippen LogP contribution in [0.5, 0.6) is 11.5 Å². The summed E-state index contributed by atoms with van der Waals surface area (Å²) in [6.07, 6.45) is 8.32. The zero-order valence-corrected chi connectivity index (χ0v) is 33.5. The molecule has 1 aliphatic heterocycles. The summed E-state index contributed by atoms with van der Waals surface area (Å²) in [5, 5.41) is 23.3. The molecule has 2 fully saturated rings. The Morgan fingerprint density at radius 1 is 0.729 bits per heavy atom. The van der Waals surface area contributed by atoms with Gasteiger partial charge in [0.25, 0.3) is 0 Å². The van der Waals surface area contributed by atoms with Crippen LogP contribution in [0.3, 0.4) is 0 Å². The van der Waals surface area contributed by atoms with Crippen molar-refractivity contribution in [3.63, 3.8) is 0 Å². The standard InChI is InChI=1S/C32H38O3.C6H11N.C4H7O.W/c1-30(2,3)19-26(33)27-20(22-15-11-17-24(28(22)34)31(4,5)6)13-10-14-21(27)23-16-12-18-25(29(23)35)32(7,8)9;7-6-4-2-1-3-5-6;1-2-4-5-3-1;/h10-18,34-35H,1-9H3;6H,1-5H2;3H,1-2,4H2;/q;+1;-1;. The monoisotopic (exact) mass is 822 g/mol. The number of benzene rings is 3. The van der Waals surface area contributed by atoms with Crippen LogP contribution in [0.1, 0.15) is 129 Å². The second-order valence-corrected chi connectivity index (χ2v) is 19.1. The van der Waals surface area contributed by atoms with Crippen molar-refractivity contribution in [2.24, 2.45) is 5.41 Å². The summed E-state index contributed by atoms with van der Waals surface area (Å²) in [5.41, 5.74) is 3.91. The van der Waals surface area contributed by atoms with E-state index in [1.807, 2.05) is 61.2 Å². The Hall–Kier alpha value is -2.84. The van der Waals surface area contributed by atoms with Crippen LogP contribution in [0.25, 0.3) is 25.6 Å². The van der Waals surface area contributed by atoms with Crippen molar-refractivity contribution in [3.05, 3.63) is 81.2 Å². The summed E-state index contributed by atoms with van der Waals surface area (Å²) in [6.45, 7) is 21.6. The number of carbonyl (C=O) groups is 1. The molecule has 0 bridgehead atoms. The predicted octanol–water partition coefficient (Wildman–Crippen LogP) is 11.1. The number of phenols is 2. The molecule has 3 aromatic rings. The summed E-state index contributed by atoms with van der Waals surface area (Å²) in [6, 6.07) is 17.8. The minimum atomic E-state index is -1.54. The second-order valence-electron chi connectivity index (χ2n) is 16.2. The number of nitrogens with zero attached hydrogens (tertiary/aromatic N) is 1. The molecule has 0 aromatic heterocycles. The number of ether oxygens (including phenoxy) is 1. The van der Waals surface area contributed by atoms with E-state index >= 15 is 4.79 Å². The first-order chi connectivity index (χ1) is 22.5. The van der Waals surface area contributed by atoms with E-state index < -0.39 is 17.7 Å². The van der Waals surface area contributed by atoms with E-state index in [2.05, 4.69) is 62.3 Å². The molecule has 5 rings (SSSR count). The van der Waals surface area contributed by atoms with Gasteiger partial charge in [-0.1, -0.05) is 6.42 Å². The number of rotatable bonds is 4. The van der Waals surface area contributed by atoms with Crippen LogP contribution < -0.4 is 0 Å². The number of carbonyl (C=O) groups excluding carboxylic acids is 1. The molecule has 0 amide bonds. The first-order valence-corrected chi connectivity index (χ1v) is 20.3. The molecule has 0 atom stereocenters. The maximum atomic E-state index is 15.0. The van der Waals surface area contributed by atoms with Crippen LogP contribution in [0, 0.1) is 12.0 Å². The van der Waals surface area contributed by atoms with Crippen molar-refractivity contribution in [2.75, 3.05) is 6.61 Å². The van der Waals surface area contributed by atoms with Gasteiger partial charge < -0.3 is 4.74 Å². The van der Waals surface area contributed by atoms with Crippen molar-refractivity contribution in [1.82, 2.24) is 0 Å². The van der Waals surface area contributed by atoms with E-state index in [-0.39, 0.29) is 33.5 Å². The van der Waals surface area contributed by atoms with Gasteiger partial charge >= 0.3 is 267 Å². The number of hydrogen-bond donors (Lipinski definition) is 2. The molecule has 1 aliphatic carbocycles. The summed E-state index contributed by atoms with van der Waals surface area (Å²) in [4.78, 5) is 15.0. The topological polar surface area (TPSA) is 71.1 Å². The van der Waals surface area contributed by atoms with Gasteiger partial charge in [0.05, 0.1) is 0 Å². The molecule has 0 unspecified atom stereocenters. The second kappa shape index (κ2) is 15.8. The van der Waals surface area contributed by atoms with Crippen LogP contribution >= 0.6 is 0 Å². The number of hydrogen-bond acceptors (Lipinski definition) is 4. The fourth-order valence-electron chi connectivity index (χ4n) is 6.34. The molecule has 1 saturated carbocycles. The van der Waals surface area contributed by atoms with Gasteiger partial charge in [-0.3, -0.25) is 0 Å². The van der Waals surface area contributed by atoms with Crippen LogP contribution in [-0.4, -0.2) is 32.5 Å². The third kappa shape index (κ3) is 9.23. The number of Topliss-reactive ketones (excluding diaryl/α,β-unsaturated/α-hetero) is 1. The summed E-state index contributed by atoms with van der Waals surface area (Å²) in [7, 11) is 0. The summed E-state index contributed by atoms with van der Waals surface area (Å²) in [5.74, 6) is 0.374. The van der Waals surface area contributed by atoms with E-state index in [4.69, 9.17) is 8.05 Å². The number of para-hydroxylation sites is 2. The molecule has 259 valence electrons. The zero-order chi connectivity index (χ0) is 35.3. The summed E-state index contributed by atoms with van der Waals surface area (Å²) >= 11 is -1.54. The van der Waals surface area contributed by atoms with Gasteiger partial charge in [-0.15, -0.1) is 0 Å². The minimum absolute atomic E-state index is 0.0104. The average molecular weight is 823 g/mol. The molecular formula is C42H56NO4W. The van der Waals surface area contributed by atoms with Gasteiger partial charge in [-0.05, 0) is 0 Å². The summed E-state index contributed by atoms with van der Waals surface area (Å²) < 4.78 is 11.0. The van der Waals surface area contributed by atoms with Gasteiger partial charge in [0.15, 0.2) is 0 Å². The van der Waals surface area contributed by atoms with E-state index in [1.54, 1.807) is 0 Å². The predicted molar refractivity (Wildman–Crippen MR) is 197 cm³/mol. The maximum Gasteiger partial charge on any atom is 0.00878 e. The molecule has 1 heterocycles. The van der Waals surface area contributed by atoms with E-state index in [9.17, 15) is 10.2 Å². The largest absolute Gasteiger partial charge is 0.552 e. The van der Waals surface area contributed by atoms with Crippen LogP contribution in [0.2, 0.25) is 0 Å². The third-order valence-corrected chi connectivity index (χ3v) is 14.0. The molecule has 0 radical (unpaired) electrons. The van der Waals surface area contributed by atoms with Gasteiger partial charge in [-0.25, -0.2) is 6.61 Å². The molecule has 6 heteroatoms. The van der Waals surface area contributed by atoms with Crippen molar-refractivity contribution in [3.8, 4) is 33.8 Å². The Bertz CT molecular complexity index is 1630. The van der Waals surface area contributed by atoms with Crippen molar-refractivity contribution in [1.29, 1.82) is 0 Å². The molecule has 1 saturated heterocycles. The Morgan fingerprint density at radius 2 is 1.21 bits per heavy atom. The van der Waals surface area contributed by atoms with Gasteiger partial charge in [-0.2, -0.15) is 6.42 Å². The molecule has 5 nitrogen and oxygen atoms in total. The minimum Gasteiger partial charge on any atom is -0.552 e. The number of ketones is 1. The molecule has 48 heavy (non-hydrogen) atoms. The van der Waals surface area contributed by atoms with Gasteiger partial charge in [0.1, 0.15) is 0 Å². The fourth-order valence-corrected chi connectivity index (χ4v) is 9.66. The van der Waals surface area contributed by atoms with Crippen molar-refractivity contribution >= 4 is 9.68 Å². The van der Waals surface area contributed by atoms with Crippen molar-refractivity contribution < 1.29 is 37.5 Å². The Labute approximate surface area is 297 Å². The van der Waals surface area contributed by atoms with E-state index in [0.29, 0.717) is 33.9 Å². The Morgan fingerprint density at radius 3 is 1.60 bits per heavy atom. The molecule has 2 N–H and O–H groups in total. The van der Waals surface area contributed by atoms with Crippen LogP contribution in [-0.2, 0) is 33.3 Å². The fraction of sp³-hybridized carbons (Fsp3) is 0.500. The average Bonchev–Trinajstić information content (AvgIpc) is 3.60. The normalized spacial score (nSPS) is 15.6. The van der Waals surface area contributed by atoms with Gasteiger partial charge in [0, 0.05) is 6.61 Å². The zero-order valence-electron chi connectivity index (χ0n) is 30.6.